The third-order valence-corrected chi connectivity index (χ3v) is 2.47. The van der Waals surface area contributed by atoms with Gasteiger partial charge >= 0.3 is 5.38 Å². The van der Waals surface area contributed by atoms with Gasteiger partial charge in [0, 0.05) is 6.20 Å². The zero-order chi connectivity index (χ0) is 12.5. The molecule has 0 saturated carbocycles. The molecule has 0 amide bonds. The van der Waals surface area contributed by atoms with E-state index in [-0.39, 0.29) is 5.69 Å². The summed E-state index contributed by atoms with van der Waals surface area (Å²) in [7, 11) is 0. The smallest absolute Gasteiger partial charge is 0.352 e. The van der Waals surface area contributed by atoms with E-state index >= 15 is 0 Å². The lowest BCUT2D eigenvalue weighted by molar-refractivity contribution is -0.0457. The highest BCUT2D eigenvalue weighted by Gasteiger charge is 2.39. The molecule has 0 aliphatic carbocycles. The van der Waals surface area contributed by atoms with E-state index in [2.05, 4.69) is 5.10 Å². The van der Waals surface area contributed by atoms with Crippen LogP contribution in [0.1, 0.15) is 11.8 Å². The average molecular weight is 259 g/mol. The van der Waals surface area contributed by atoms with E-state index in [1.807, 2.05) is 0 Å². The van der Waals surface area contributed by atoms with Crippen LogP contribution in [0, 0.1) is 0 Å². The third-order valence-electron chi connectivity index (χ3n) is 2.26. The number of para-hydroxylation sites is 1. The van der Waals surface area contributed by atoms with Crippen molar-refractivity contribution in [2.45, 2.75) is 11.5 Å². The minimum absolute atomic E-state index is 0.0591. The van der Waals surface area contributed by atoms with Gasteiger partial charge in [0.25, 0.3) is 0 Å². The van der Waals surface area contributed by atoms with Crippen molar-refractivity contribution in [3.05, 3.63) is 48.3 Å². The van der Waals surface area contributed by atoms with Crippen molar-refractivity contribution in [1.29, 1.82) is 0 Å². The highest BCUT2D eigenvalue weighted by atomic mass is 35.5. The first kappa shape index (κ1) is 12.0. The number of aliphatic hydroxyl groups is 1. The van der Waals surface area contributed by atoms with Gasteiger partial charge in [0.15, 0.2) is 6.10 Å². The molecule has 0 aliphatic heterocycles. The zero-order valence-electron chi connectivity index (χ0n) is 8.59. The van der Waals surface area contributed by atoms with Gasteiger partial charge in [0.05, 0.1) is 11.4 Å². The maximum Gasteiger partial charge on any atom is 0.352 e. The van der Waals surface area contributed by atoms with E-state index in [1.165, 1.54) is 16.9 Å². The molecule has 6 heteroatoms. The van der Waals surface area contributed by atoms with Crippen LogP contribution in [0.3, 0.4) is 0 Å². The summed E-state index contributed by atoms with van der Waals surface area (Å²) in [5, 5.41) is 9.60. The minimum Gasteiger partial charge on any atom is -0.379 e. The maximum absolute atomic E-state index is 12.8. The summed E-state index contributed by atoms with van der Waals surface area (Å²) < 4.78 is 26.9. The van der Waals surface area contributed by atoms with Gasteiger partial charge in [0.1, 0.15) is 0 Å². The molecule has 3 nitrogen and oxygen atoms in total. The molecule has 2 rings (SSSR count). The fraction of sp³-hybridized carbons (Fsp3) is 0.182. The van der Waals surface area contributed by atoms with Crippen LogP contribution in [0.5, 0.6) is 0 Å². The molecule has 17 heavy (non-hydrogen) atoms. The van der Waals surface area contributed by atoms with E-state index in [9.17, 15) is 13.9 Å². The first-order valence-electron chi connectivity index (χ1n) is 4.84. The summed E-state index contributed by atoms with van der Waals surface area (Å²) in [5.74, 6) is 0. The fourth-order valence-corrected chi connectivity index (χ4v) is 1.59. The van der Waals surface area contributed by atoms with Crippen LogP contribution in [0.25, 0.3) is 5.69 Å². The molecule has 1 heterocycles. The summed E-state index contributed by atoms with van der Waals surface area (Å²) in [5.41, 5.74) is 0.517. The van der Waals surface area contributed by atoms with E-state index in [0.29, 0.717) is 5.69 Å². The molecule has 0 aliphatic rings. The van der Waals surface area contributed by atoms with Crippen LogP contribution < -0.4 is 0 Å². The highest BCUT2D eigenvalue weighted by Crippen LogP contribution is 2.35. The number of aliphatic hydroxyl groups excluding tert-OH is 1. The number of nitrogens with zero attached hydrogens (tertiary/aromatic N) is 2. The van der Waals surface area contributed by atoms with E-state index in [0.717, 1.165) is 0 Å². The second kappa shape index (κ2) is 4.43. The molecule has 0 bridgehead atoms. The van der Waals surface area contributed by atoms with Crippen molar-refractivity contribution in [2.75, 3.05) is 0 Å². The zero-order valence-corrected chi connectivity index (χ0v) is 9.35. The molecule has 2 aromatic rings. The van der Waals surface area contributed by atoms with Gasteiger partial charge in [-0.15, -0.1) is 0 Å². The number of halogens is 3. The molecular formula is C11H9ClF2N2O. The lowest BCUT2D eigenvalue weighted by atomic mass is 10.2. The Balaban J connectivity index is 2.43. The number of hydrogen-bond donors (Lipinski definition) is 1. The van der Waals surface area contributed by atoms with Crippen molar-refractivity contribution in [1.82, 2.24) is 9.78 Å². The predicted molar refractivity (Wildman–Crippen MR) is 59.3 cm³/mol. The molecule has 1 aromatic heterocycles. The van der Waals surface area contributed by atoms with Gasteiger partial charge in [-0.2, -0.15) is 13.9 Å². The second-order valence-electron chi connectivity index (χ2n) is 3.45. The SMILES string of the molecule is OC(c1ccnn1-c1ccccc1)C(F)(F)Cl. The fourth-order valence-electron chi connectivity index (χ4n) is 1.47. The van der Waals surface area contributed by atoms with E-state index in [1.54, 1.807) is 30.3 Å². The van der Waals surface area contributed by atoms with Gasteiger partial charge in [-0.3, -0.25) is 0 Å². The van der Waals surface area contributed by atoms with Gasteiger partial charge in [-0.1, -0.05) is 18.2 Å². The summed E-state index contributed by atoms with van der Waals surface area (Å²) in [4.78, 5) is 0. The van der Waals surface area contributed by atoms with Crippen LogP contribution in [-0.2, 0) is 0 Å². The summed E-state index contributed by atoms with van der Waals surface area (Å²) >= 11 is 4.81. The van der Waals surface area contributed by atoms with Crippen LogP contribution in [-0.4, -0.2) is 20.3 Å². The second-order valence-corrected chi connectivity index (χ2v) is 3.95. The number of rotatable bonds is 3. The van der Waals surface area contributed by atoms with Crippen LogP contribution in [0.4, 0.5) is 8.78 Å². The number of benzene rings is 1. The van der Waals surface area contributed by atoms with E-state index in [4.69, 9.17) is 11.6 Å². The highest BCUT2D eigenvalue weighted by molar-refractivity contribution is 6.22. The molecule has 1 unspecified atom stereocenters. The Bertz CT molecular complexity index is 496. The Morgan fingerprint density at radius 2 is 1.88 bits per heavy atom. The normalized spacial score (nSPS) is 13.6. The molecule has 1 aromatic carbocycles. The van der Waals surface area contributed by atoms with E-state index < -0.39 is 11.5 Å². The molecule has 90 valence electrons. The first-order valence-corrected chi connectivity index (χ1v) is 5.22. The topological polar surface area (TPSA) is 38.1 Å². The summed E-state index contributed by atoms with van der Waals surface area (Å²) in [6, 6.07) is 9.95. The lowest BCUT2D eigenvalue weighted by Gasteiger charge is -2.17. The van der Waals surface area contributed by atoms with Crippen molar-refractivity contribution in [2.24, 2.45) is 0 Å². The van der Waals surface area contributed by atoms with Gasteiger partial charge in [-0.25, -0.2) is 4.68 Å². The summed E-state index contributed by atoms with van der Waals surface area (Å²) in [6.07, 6.45) is -0.777. The number of alkyl halides is 3. The molecule has 1 N–H and O–H groups in total. The van der Waals surface area contributed by atoms with Crippen LogP contribution in [0.2, 0.25) is 0 Å². The Kier molecular flexibility index (Phi) is 3.13. The van der Waals surface area contributed by atoms with Crippen LogP contribution >= 0.6 is 11.6 Å². The van der Waals surface area contributed by atoms with Gasteiger partial charge in [0.2, 0.25) is 0 Å². The Hall–Kier alpha value is -1.46. The standard InChI is InChI=1S/C11H9ClF2N2O/c12-11(13,14)10(17)9-6-7-15-16(9)8-4-2-1-3-5-8/h1-7,10,17H. The molecule has 0 saturated heterocycles. The minimum atomic E-state index is -3.73. The number of aromatic nitrogens is 2. The summed E-state index contributed by atoms with van der Waals surface area (Å²) in [6.45, 7) is 0. The maximum atomic E-state index is 12.8. The van der Waals surface area contributed by atoms with Crippen LogP contribution in [0.15, 0.2) is 42.6 Å². The van der Waals surface area contributed by atoms with Crippen molar-refractivity contribution in [3.63, 3.8) is 0 Å². The molecule has 0 radical (unpaired) electrons. The first-order chi connectivity index (χ1) is 8.00. The van der Waals surface area contributed by atoms with Crippen molar-refractivity contribution in [3.8, 4) is 5.69 Å². The molecule has 1 atom stereocenters. The Morgan fingerprint density at radius 3 is 2.47 bits per heavy atom. The van der Waals surface area contributed by atoms with Crippen molar-refractivity contribution >= 4 is 11.6 Å². The number of hydrogen-bond acceptors (Lipinski definition) is 2. The molecule has 0 spiro atoms. The monoisotopic (exact) mass is 258 g/mol. The average Bonchev–Trinajstić information content (AvgIpc) is 2.76. The third kappa shape index (κ3) is 2.45. The predicted octanol–water partition coefficient (Wildman–Crippen LogP) is 2.74. The van der Waals surface area contributed by atoms with Gasteiger partial charge in [-0.05, 0) is 29.8 Å². The Morgan fingerprint density at radius 1 is 1.24 bits per heavy atom. The quantitative estimate of drug-likeness (QED) is 0.860. The molecular weight excluding hydrogens is 250 g/mol. The largest absolute Gasteiger partial charge is 0.379 e. The Labute approximate surface area is 101 Å². The lowest BCUT2D eigenvalue weighted by Crippen LogP contribution is -2.21. The van der Waals surface area contributed by atoms with Crippen molar-refractivity contribution < 1.29 is 13.9 Å². The molecule has 0 fully saturated rings. The van der Waals surface area contributed by atoms with Gasteiger partial charge < -0.3 is 5.11 Å².